The van der Waals surface area contributed by atoms with E-state index in [4.69, 9.17) is 0 Å². The highest BCUT2D eigenvalue weighted by Crippen LogP contribution is 2.34. The smallest absolute Gasteiger partial charge is 0.319 e. The lowest BCUT2D eigenvalue weighted by atomic mass is 9.88. The first-order chi connectivity index (χ1) is 10.7. The van der Waals surface area contributed by atoms with Crippen molar-refractivity contribution in [1.82, 2.24) is 0 Å². The minimum atomic E-state index is -0.446. The molecule has 0 amide bonds. The van der Waals surface area contributed by atoms with Gasteiger partial charge in [-0.2, -0.15) is 0 Å². The van der Waals surface area contributed by atoms with E-state index in [2.05, 4.69) is 16.1 Å². The summed E-state index contributed by atoms with van der Waals surface area (Å²) in [5, 5.41) is 4.40. The molecule has 4 nitrogen and oxygen atoms in total. The number of carbonyl (C=O) groups is 1. The van der Waals surface area contributed by atoms with Gasteiger partial charge in [0.2, 0.25) is 0 Å². The zero-order valence-corrected chi connectivity index (χ0v) is 12.9. The van der Waals surface area contributed by atoms with Gasteiger partial charge in [-0.05, 0) is 37.0 Å². The fraction of sp³-hybridized carbons (Fsp3) is 0.235. The molecule has 5 heteroatoms. The van der Waals surface area contributed by atoms with E-state index in [1.54, 1.807) is 17.6 Å². The van der Waals surface area contributed by atoms with Crippen molar-refractivity contribution in [2.45, 2.75) is 25.7 Å². The van der Waals surface area contributed by atoms with Crippen LogP contribution in [0.5, 0.6) is 0 Å². The largest absolute Gasteiger partial charge is 0.331 e. The summed E-state index contributed by atoms with van der Waals surface area (Å²) in [6.07, 6.45) is 7.03. The van der Waals surface area contributed by atoms with Gasteiger partial charge in [0.15, 0.2) is 5.43 Å². The molecule has 2 aromatic rings. The number of rotatable bonds is 3. The molecule has 1 unspecified atom stereocenters. The third kappa shape index (κ3) is 2.85. The Balaban J connectivity index is 1.97. The van der Waals surface area contributed by atoms with Gasteiger partial charge >= 0.3 is 5.97 Å². The normalized spacial score (nSPS) is 16.9. The number of hydrogen-bond acceptors (Lipinski definition) is 5. The number of nitrogens with zero attached hydrogens (tertiary/aromatic N) is 1. The second kappa shape index (κ2) is 6.23. The van der Waals surface area contributed by atoms with Gasteiger partial charge in [-0.1, -0.05) is 23.4 Å². The van der Waals surface area contributed by atoms with Crippen molar-refractivity contribution in [3.8, 4) is 0 Å². The standard InChI is InChI=1S/C17H15NO3S/c1-11(19)21-18-10-9-12-5-4-8-15-16(12)17(20)13-6-2-3-7-14(13)22-15/h2-4,6-8,10,12H,5,9H2,1H3. The molecule has 1 heterocycles. The van der Waals surface area contributed by atoms with Crippen molar-refractivity contribution in [2.75, 3.05) is 0 Å². The molecule has 0 spiro atoms. The Morgan fingerprint density at radius 2 is 2.27 bits per heavy atom. The molecule has 1 aliphatic carbocycles. The van der Waals surface area contributed by atoms with Gasteiger partial charge in [0.05, 0.1) is 0 Å². The van der Waals surface area contributed by atoms with Crippen LogP contribution in [0.1, 0.15) is 36.1 Å². The molecule has 112 valence electrons. The van der Waals surface area contributed by atoms with Gasteiger partial charge in [-0.25, -0.2) is 4.79 Å². The first-order valence-corrected chi connectivity index (χ1v) is 7.90. The number of fused-ring (bicyclic) bond motifs is 2. The van der Waals surface area contributed by atoms with E-state index in [0.29, 0.717) is 6.42 Å². The Bertz CT molecular complexity index is 835. The van der Waals surface area contributed by atoms with Crippen LogP contribution in [0, 0.1) is 0 Å². The predicted molar refractivity (Wildman–Crippen MR) is 89.4 cm³/mol. The molecule has 1 aliphatic rings. The van der Waals surface area contributed by atoms with E-state index in [9.17, 15) is 9.59 Å². The zero-order chi connectivity index (χ0) is 15.5. The Labute approximate surface area is 131 Å². The lowest BCUT2D eigenvalue weighted by Gasteiger charge is -2.19. The molecule has 3 rings (SSSR count). The highest BCUT2D eigenvalue weighted by atomic mass is 32.1. The molecule has 0 fully saturated rings. The van der Waals surface area contributed by atoms with Crippen molar-refractivity contribution in [1.29, 1.82) is 0 Å². The molecule has 1 aromatic heterocycles. The van der Waals surface area contributed by atoms with E-state index < -0.39 is 5.97 Å². The first-order valence-electron chi connectivity index (χ1n) is 7.08. The maximum Gasteiger partial charge on any atom is 0.331 e. The van der Waals surface area contributed by atoms with E-state index in [0.717, 1.165) is 26.9 Å². The van der Waals surface area contributed by atoms with Crippen LogP contribution in [0.4, 0.5) is 0 Å². The number of allylic oxidation sites excluding steroid dienone is 1. The quantitative estimate of drug-likeness (QED) is 0.493. The molecule has 0 bridgehead atoms. The molecule has 0 radical (unpaired) electrons. The summed E-state index contributed by atoms with van der Waals surface area (Å²) in [5.41, 5.74) is 0.945. The molecule has 22 heavy (non-hydrogen) atoms. The van der Waals surface area contributed by atoms with Crippen LogP contribution < -0.4 is 5.43 Å². The number of hydrogen-bond donors (Lipinski definition) is 0. The van der Waals surface area contributed by atoms with Gasteiger partial charge < -0.3 is 4.84 Å². The second-order valence-electron chi connectivity index (χ2n) is 5.15. The van der Waals surface area contributed by atoms with Crippen molar-refractivity contribution in [2.24, 2.45) is 5.16 Å². The highest BCUT2D eigenvalue weighted by Gasteiger charge is 2.21. The van der Waals surface area contributed by atoms with Crippen molar-refractivity contribution in [3.63, 3.8) is 0 Å². The lowest BCUT2D eigenvalue weighted by molar-refractivity contribution is -0.140. The molecule has 0 aliphatic heterocycles. The zero-order valence-electron chi connectivity index (χ0n) is 12.1. The number of carbonyl (C=O) groups excluding carboxylic acids is 1. The summed E-state index contributed by atoms with van der Waals surface area (Å²) in [6.45, 7) is 1.31. The maximum atomic E-state index is 12.8. The van der Waals surface area contributed by atoms with Crippen molar-refractivity contribution >= 4 is 39.7 Å². The summed E-state index contributed by atoms with van der Waals surface area (Å²) in [6, 6.07) is 7.68. The van der Waals surface area contributed by atoms with E-state index in [1.165, 1.54) is 6.92 Å². The average molecular weight is 313 g/mol. The molecule has 0 saturated carbocycles. The third-order valence-corrected chi connectivity index (χ3v) is 4.76. The van der Waals surface area contributed by atoms with Crippen LogP contribution in [0.3, 0.4) is 0 Å². The molecule has 1 atom stereocenters. The summed E-state index contributed by atoms with van der Waals surface area (Å²) in [4.78, 5) is 29.0. The molecular formula is C17H15NO3S. The molecule has 0 N–H and O–H groups in total. The van der Waals surface area contributed by atoms with E-state index in [-0.39, 0.29) is 11.3 Å². The van der Waals surface area contributed by atoms with E-state index >= 15 is 0 Å². The van der Waals surface area contributed by atoms with Gasteiger partial charge in [-0.3, -0.25) is 4.79 Å². The summed E-state index contributed by atoms with van der Waals surface area (Å²) in [7, 11) is 0. The monoisotopic (exact) mass is 313 g/mol. The van der Waals surface area contributed by atoms with Gasteiger partial charge in [0.25, 0.3) is 0 Å². The molecule has 1 aromatic carbocycles. The third-order valence-electron chi connectivity index (χ3n) is 3.61. The minimum absolute atomic E-state index is 0.0765. The summed E-state index contributed by atoms with van der Waals surface area (Å²) in [5.74, 6) is -0.370. The van der Waals surface area contributed by atoms with Crippen LogP contribution in [0.2, 0.25) is 0 Å². The van der Waals surface area contributed by atoms with Gasteiger partial charge in [-0.15, -0.1) is 11.3 Å². The fourth-order valence-corrected chi connectivity index (χ4v) is 3.82. The topological polar surface area (TPSA) is 55.7 Å². The molecule has 0 saturated heterocycles. The van der Waals surface area contributed by atoms with Crippen LogP contribution in [-0.4, -0.2) is 12.2 Å². The fourth-order valence-electron chi connectivity index (χ4n) is 2.64. The predicted octanol–water partition coefficient (Wildman–Crippen LogP) is 3.70. The average Bonchev–Trinajstić information content (AvgIpc) is 2.51. The van der Waals surface area contributed by atoms with Crippen LogP contribution in [0.15, 0.2) is 40.3 Å². The SMILES string of the molecule is CC(=O)ON=CCC1CC=Cc2sc3ccccc3c(=O)c21. The Hall–Kier alpha value is -2.27. The summed E-state index contributed by atoms with van der Waals surface area (Å²) >= 11 is 1.63. The minimum Gasteiger partial charge on any atom is -0.319 e. The highest BCUT2D eigenvalue weighted by molar-refractivity contribution is 7.19. The van der Waals surface area contributed by atoms with Crippen LogP contribution >= 0.6 is 11.3 Å². The van der Waals surface area contributed by atoms with Gasteiger partial charge in [0, 0.05) is 33.7 Å². The Kier molecular flexibility index (Phi) is 4.15. The summed E-state index contributed by atoms with van der Waals surface area (Å²) < 4.78 is 1.00. The Morgan fingerprint density at radius 1 is 1.45 bits per heavy atom. The van der Waals surface area contributed by atoms with Gasteiger partial charge in [0.1, 0.15) is 0 Å². The Morgan fingerprint density at radius 3 is 3.09 bits per heavy atom. The van der Waals surface area contributed by atoms with Crippen LogP contribution in [-0.2, 0) is 9.63 Å². The van der Waals surface area contributed by atoms with Crippen molar-refractivity contribution < 1.29 is 9.63 Å². The lowest BCUT2D eigenvalue weighted by Crippen LogP contribution is -2.17. The second-order valence-corrected chi connectivity index (χ2v) is 6.23. The maximum absolute atomic E-state index is 12.8. The van der Waals surface area contributed by atoms with E-state index in [1.807, 2.05) is 30.3 Å². The van der Waals surface area contributed by atoms with Crippen molar-refractivity contribution in [3.05, 3.63) is 51.0 Å². The number of oxime groups is 1. The van der Waals surface area contributed by atoms with Crippen LogP contribution in [0.25, 0.3) is 16.2 Å². The first kappa shape index (κ1) is 14.7. The number of benzene rings is 1. The molecular weight excluding hydrogens is 298 g/mol.